The van der Waals surface area contributed by atoms with Crippen LogP contribution in [0.3, 0.4) is 0 Å². The van der Waals surface area contributed by atoms with Gasteiger partial charge in [-0.3, -0.25) is 9.59 Å². The number of ketones is 1. The molecule has 10 nitrogen and oxygen atoms in total. The van der Waals surface area contributed by atoms with E-state index in [2.05, 4.69) is 17.3 Å². The van der Waals surface area contributed by atoms with Crippen LogP contribution in [0.1, 0.15) is 49.7 Å². The van der Waals surface area contributed by atoms with Crippen LogP contribution in [-0.2, 0) is 21.4 Å². The summed E-state index contributed by atoms with van der Waals surface area (Å²) in [5, 5.41) is 2.78. The molecule has 1 aromatic rings. The minimum absolute atomic E-state index is 0.148. The van der Waals surface area contributed by atoms with E-state index < -0.39 is 18.2 Å². The van der Waals surface area contributed by atoms with Crippen LogP contribution in [-0.4, -0.2) is 86.0 Å². The summed E-state index contributed by atoms with van der Waals surface area (Å²) in [4.78, 5) is 42.0. The molecule has 2 aliphatic carbocycles. The summed E-state index contributed by atoms with van der Waals surface area (Å²) in [6.07, 6.45) is 4.35. The second-order valence-corrected chi connectivity index (χ2v) is 11.1. The third-order valence-corrected chi connectivity index (χ3v) is 8.93. The van der Waals surface area contributed by atoms with Gasteiger partial charge < -0.3 is 36.1 Å². The van der Waals surface area contributed by atoms with Crippen molar-refractivity contribution in [1.82, 2.24) is 15.1 Å². The summed E-state index contributed by atoms with van der Waals surface area (Å²) < 4.78 is 12.2. The second kappa shape index (κ2) is 10.2. The molecule has 1 saturated heterocycles. The van der Waals surface area contributed by atoms with Gasteiger partial charge in [0.2, 0.25) is 5.91 Å². The molecule has 1 aromatic carbocycles. The molecule has 1 saturated carbocycles. The smallest absolute Gasteiger partial charge is 0.415 e. The first-order valence-electron chi connectivity index (χ1n) is 13.5. The Morgan fingerprint density at radius 1 is 1.35 bits per heavy atom. The predicted molar refractivity (Wildman–Crippen MR) is 138 cm³/mol. The maximum atomic E-state index is 13.0. The summed E-state index contributed by atoms with van der Waals surface area (Å²) in [6.45, 7) is 2.03. The number of likely N-dealkylation sites (N-methyl/N-ethyl adjacent to an activating group) is 2. The highest BCUT2D eigenvalue weighted by Gasteiger charge is 2.65. The number of amides is 2. The molecule has 0 unspecified atom stereocenters. The zero-order valence-electron chi connectivity index (χ0n) is 21.8. The average molecular weight is 514 g/mol. The van der Waals surface area contributed by atoms with Crippen molar-refractivity contribution in [2.24, 2.45) is 17.4 Å². The van der Waals surface area contributed by atoms with Gasteiger partial charge in [-0.15, -0.1) is 0 Å². The van der Waals surface area contributed by atoms with Crippen LogP contribution >= 0.6 is 0 Å². The third-order valence-electron chi connectivity index (χ3n) is 8.93. The average Bonchev–Trinajstić information content (AvgIpc) is 3.24. The van der Waals surface area contributed by atoms with Crippen molar-refractivity contribution in [2.75, 3.05) is 40.3 Å². The first-order chi connectivity index (χ1) is 17.8. The largest absolute Gasteiger partial charge is 0.477 e. The van der Waals surface area contributed by atoms with Gasteiger partial charge in [0, 0.05) is 43.6 Å². The molecule has 5 N–H and O–H groups in total. The van der Waals surface area contributed by atoms with Gasteiger partial charge in [-0.1, -0.05) is 12.5 Å². The first kappa shape index (κ1) is 25.9. The van der Waals surface area contributed by atoms with E-state index in [0.717, 1.165) is 44.2 Å². The molecule has 2 fully saturated rings. The molecule has 5 rings (SSSR count). The topological polar surface area (TPSA) is 140 Å². The van der Waals surface area contributed by atoms with Crippen molar-refractivity contribution < 1.29 is 23.9 Å². The summed E-state index contributed by atoms with van der Waals surface area (Å²) in [7, 11) is 3.79. The van der Waals surface area contributed by atoms with E-state index in [9.17, 15) is 14.4 Å². The summed E-state index contributed by atoms with van der Waals surface area (Å²) in [6, 6.07) is 3.63. The Balaban J connectivity index is 1.26. The number of carbonyl (C=O) groups excluding carboxylic acids is 3. The molecule has 37 heavy (non-hydrogen) atoms. The number of hydrogen-bond acceptors (Lipinski definition) is 8. The molecule has 0 radical (unpaired) electrons. The molecule has 2 bridgehead atoms. The number of Topliss-reactive ketones (excluding diaryl/α,β-unsaturated/α-hetero) is 1. The number of carbonyl (C=O) groups is 3. The molecule has 5 atom stereocenters. The van der Waals surface area contributed by atoms with E-state index in [-0.39, 0.29) is 30.2 Å². The lowest BCUT2D eigenvalue weighted by Crippen LogP contribution is -2.65. The first-order valence-corrected chi connectivity index (χ1v) is 13.5. The molecule has 10 heteroatoms. The Morgan fingerprint density at radius 2 is 2.16 bits per heavy atom. The van der Waals surface area contributed by atoms with Crippen LogP contribution in [0.2, 0.25) is 0 Å². The fourth-order valence-corrected chi connectivity index (χ4v) is 6.97. The van der Waals surface area contributed by atoms with Crippen molar-refractivity contribution in [3.05, 3.63) is 23.3 Å². The van der Waals surface area contributed by atoms with Crippen molar-refractivity contribution >= 4 is 17.8 Å². The second-order valence-electron chi connectivity index (χ2n) is 11.1. The number of piperidine rings is 1. The number of rotatable bonds is 9. The van der Waals surface area contributed by atoms with Gasteiger partial charge in [-0.2, -0.15) is 0 Å². The van der Waals surface area contributed by atoms with E-state index in [1.54, 1.807) is 13.1 Å². The summed E-state index contributed by atoms with van der Waals surface area (Å²) in [5.41, 5.74) is 13.4. The molecular formula is C27H39N5O5. The van der Waals surface area contributed by atoms with Crippen LogP contribution in [0.25, 0.3) is 0 Å². The standard InChI is InChI=1S/C27H39N5O5/c1-31-13-10-27-17-7-8-20(33)24(27)37-23-21(9-6-16(22(23)27)15-19(17)31)36-26(35)32(2)14-12-30-25(34)18(29)5-3-4-11-28/h6,9,17-19,24H,3-5,7-8,10-15,28-29H2,1-2H3,(H,30,34)/t17-,18-,19+,24-,27-/m0/s1. The molecule has 1 spiro atoms. The zero-order valence-corrected chi connectivity index (χ0v) is 21.8. The number of nitrogens with zero attached hydrogens (tertiary/aromatic N) is 2. The Hall–Kier alpha value is -2.69. The quantitative estimate of drug-likeness (QED) is 0.414. The number of nitrogens with two attached hydrogens (primary N) is 2. The Morgan fingerprint density at radius 3 is 2.95 bits per heavy atom. The molecule has 2 amide bonds. The fourth-order valence-electron chi connectivity index (χ4n) is 6.97. The molecule has 202 valence electrons. The van der Waals surface area contributed by atoms with Crippen LogP contribution in [0, 0.1) is 5.92 Å². The van der Waals surface area contributed by atoms with Crippen LogP contribution in [0.4, 0.5) is 4.79 Å². The highest BCUT2D eigenvalue weighted by atomic mass is 16.6. The monoisotopic (exact) mass is 513 g/mol. The van der Waals surface area contributed by atoms with E-state index in [4.69, 9.17) is 20.9 Å². The molecule has 0 aromatic heterocycles. The van der Waals surface area contributed by atoms with Crippen molar-refractivity contribution in [2.45, 2.75) is 68.5 Å². The number of nitrogens with one attached hydrogen (secondary N) is 1. The fraction of sp³-hybridized carbons (Fsp3) is 0.667. The summed E-state index contributed by atoms with van der Waals surface area (Å²) >= 11 is 0. The number of benzene rings is 1. The van der Waals surface area contributed by atoms with Gasteiger partial charge in [0.15, 0.2) is 23.4 Å². The maximum Gasteiger partial charge on any atom is 0.415 e. The van der Waals surface area contributed by atoms with Gasteiger partial charge in [-0.25, -0.2) is 4.79 Å². The lowest BCUT2D eigenvalue weighted by Gasteiger charge is -2.57. The van der Waals surface area contributed by atoms with E-state index in [0.29, 0.717) is 42.8 Å². The normalized spacial score (nSPS) is 28.2. The lowest BCUT2D eigenvalue weighted by molar-refractivity contribution is -0.138. The number of unbranched alkanes of at least 4 members (excludes halogenated alkanes) is 1. The van der Waals surface area contributed by atoms with E-state index in [1.807, 2.05) is 6.07 Å². The van der Waals surface area contributed by atoms with Gasteiger partial charge in [-0.05, 0) is 69.8 Å². The van der Waals surface area contributed by atoms with Crippen molar-refractivity contribution in [3.8, 4) is 11.5 Å². The molecule has 2 heterocycles. The highest BCUT2D eigenvalue weighted by Crippen LogP contribution is 2.63. The maximum absolute atomic E-state index is 13.0. The number of likely N-dealkylation sites (tertiary alicyclic amines) is 1. The molecule has 2 aliphatic heterocycles. The Kier molecular flexibility index (Phi) is 7.17. The van der Waals surface area contributed by atoms with Gasteiger partial charge in [0.25, 0.3) is 0 Å². The zero-order chi connectivity index (χ0) is 26.3. The van der Waals surface area contributed by atoms with Gasteiger partial charge in [0.1, 0.15) is 0 Å². The third kappa shape index (κ3) is 4.38. The Bertz CT molecular complexity index is 1080. The van der Waals surface area contributed by atoms with Crippen LogP contribution < -0.4 is 26.3 Å². The van der Waals surface area contributed by atoms with Crippen molar-refractivity contribution in [1.29, 1.82) is 0 Å². The SMILES string of the molecule is CN(CCNC(=O)[C@@H](N)CCCCN)C(=O)Oc1ccc2c3c1O[C@H]1C(=O)CC[C@H]4[C@@H](C2)N(C)CC[C@]314. The summed E-state index contributed by atoms with van der Waals surface area (Å²) in [5.74, 6) is 1.18. The van der Waals surface area contributed by atoms with Crippen LogP contribution in [0.5, 0.6) is 11.5 Å². The van der Waals surface area contributed by atoms with Gasteiger partial charge >= 0.3 is 6.09 Å². The van der Waals surface area contributed by atoms with Gasteiger partial charge in [0.05, 0.1) is 6.04 Å². The molecular weight excluding hydrogens is 474 g/mol. The Labute approximate surface area is 218 Å². The minimum atomic E-state index is -0.589. The van der Waals surface area contributed by atoms with E-state index in [1.165, 1.54) is 10.5 Å². The predicted octanol–water partition coefficient (Wildman–Crippen LogP) is 0.928. The van der Waals surface area contributed by atoms with E-state index >= 15 is 0 Å². The number of ether oxygens (including phenoxy) is 2. The highest BCUT2D eigenvalue weighted by molar-refractivity contribution is 5.89. The lowest BCUT2D eigenvalue weighted by atomic mass is 9.52. The number of hydrogen-bond donors (Lipinski definition) is 3. The van der Waals surface area contributed by atoms with Crippen LogP contribution in [0.15, 0.2) is 12.1 Å². The molecule has 4 aliphatic rings. The minimum Gasteiger partial charge on any atom is -0.477 e. The van der Waals surface area contributed by atoms with Crippen molar-refractivity contribution in [3.63, 3.8) is 0 Å².